The molecule has 0 heterocycles. The zero-order chi connectivity index (χ0) is 15.6. The third kappa shape index (κ3) is 3.56. The highest BCUT2D eigenvalue weighted by Crippen LogP contribution is 2.30. The van der Waals surface area contributed by atoms with Crippen molar-refractivity contribution in [1.29, 1.82) is 0 Å². The van der Waals surface area contributed by atoms with Crippen LogP contribution in [0, 0.1) is 23.0 Å². The van der Waals surface area contributed by atoms with Crippen molar-refractivity contribution in [1.82, 2.24) is 4.90 Å². The van der Waals surface area contributed by atoms with Crippen LogP contribution in [0.15, 0.2) is 18.2 Å². The molecule has 0 radical (unpaired) electrons. The number of carbonyl (C=O) groups is 2. The second kappa shape index (κ2) is 5.90. The lowest BCUT2D eigenvalue weighted by Gasteiger charge is -2.21. The van der Waals surface area contributed by atoms with Crippen molar-refractivity contribution >= 4 is 17.6 Å². The monoisotopic (exact) mass is 292 g/mol. The number of amides is 1. The van der Waals surface area contributed by atoms with E-state index in [9.17, 15) is 19.7 Å². The fraction of sp³-hybridized carbons (Fsp3) is 0.429. The minimum atomic E-state index is -1.09. The van der Waals surface area contributed by atoms with Gasteiger partial charge in [0.1, 0.15) is 6.54 Å². The van der Waals surface area contributed by atoms with E-state index in [1.54, 1.807) is 0 Å². The third-order valence-corrected chi connectivity index (χ3v) is 3.52. The highest BCUT2D eigenvalue weighted by atomic mass is 16.6. The Morgan fingerprint density at radius 1 is 1.43 bits per heavy atom. The molecule has 1 aromatic carbocycles. The van der Waals surface area contributed by atoms with Crippen molar-refractivity contribution < 1.29 is 19.6 Å². The molecule has 0 unspecified atom stereocenters. The van der Waals surface area contributed by atoms with Gasteiger partial charge in [0.2, 0.25) is 0 Å². The molecule has 7 heteroatoms. The van der Waals surface area contributed by atoms with Crippen LogP contribution in [0.3, 0.4) is 0 Å². The Balaban J connectivity index is 2.29. The summed E-state index contributed by atoms with van der Waals surface area (Å²) in [5, 5.41) is 19.8. The molecule has 21 heavy (non-hydrogen) atoms. The fourth-order valence-electron chi connectivity index (χ4n) is 2.22. The van der Waals surface area contributed by atoms with Gasteiger partial charge in [-0.15, -0.1) is 0 Å². The van der Waals surface area contributed by atoms with Crippen LogP contribution in [0.25, 0.3) is 0 Å². The Morgan fingerprint density at radius 3 is 2.62 bits per heavy atom. The number of carboxylic acid groups (broad SMARTS) is 1. The van der Waals surface area contributed by atoms with Gasteiger partial charge in [0.25, 0.3) is 11.6 Å². The van der Waals surface area contributed by atoms with Gasteiger partial charge in [-0.25, -0.2) is 0 Å². The molecule has 1 amide bonds. The van der Waals surface area contributed by atoms with Crippen molar-refractivity contribution in [2.75, 3.05) is 13.1 Å². The molecule has 1 aliphatic rings. The molecule has 2 rings (SSSR count). The first-order chi connectivity index (χ1) is 9.90. The van der Waals surface area contributed by atoms with E-state index in [2.05, 4.69) is 0 Å². The molecule has 1 fully saturated rings. The maximum Gasteiger partial charge on any atom is 0.323 e. The van der Waals surface area contributed by atoms with Crippen LogP contribution in [0.2, 0.25) is 0 Å². The summed E-state index contributed by atoms with van der Waals surface area (Å²) in [6.45, 7) is 1.49. The first-order valence-corrected chi connectivity index (χ1v) is 6.65. The topological polar surface area (TPSA) is 101 Å². The number of carbonyl (C=O) groups excluding carboxylic acids is 1. The standard InChI is InChI=1S/C14H16N2O5/c1-9-11(3-2-4-12(9)16(20)21)14(19)15(8-13(17)18)7-10-5-6-10/h2-4,10H,5-8H2,1H3,(H,17,18). The van der Waals surface area contributed by atoms with Crippen LogP contribution in [0.5, 0.6) is 0 Å². The summed E-state index contributed by atoms with van der Waals surface area (Å²) in [6, 6.07) is 4.26. The van der Waals surface area contributed by atoms with Crippen LogP contribution in [-0.4, -0.2) is 39.9 Å². The predicted molar refractivity (Wildman–Crippen MR) is 74.1 cm³/mol. The average molecular weight is 292 g/mol. The number of nitro benzene ring substituents is 1. The summed E-state index contributed by atoms with van der Waals surface area (Å²) in [4.78, 5) is 35.0. The van der Waals surface area contributed by atoms with Crippen LogP contribution in [-0.2, 0) is 4.79 Å². The molecule has 1 N–H and O–H groups in total. The quantitative estimate of drug-likeness (QED) is 0.636. The van der Waals surface area contributed by atoms with Crippen molar-refractivity contribution in [3.8, 4) is 0 Å². The molecule has 0 bridgehead atoms. The summed E-state index contributed by atoms with van der Waals surface area (Å²) in [5.41, 5.74) is 0.312. The van der Waals surface area contributed by atoms with E-state index in [0.29, 0.717) is 12.5 Å². The number of rotatable bonds is 6. The van der Waals surface area contributed by atoms with E-state index in [0.717, 1.165) is 12.8 Å². The van der Waals surface area contributed by atoms with E-state index < -0.39 is 23.3 Å². The van der Waals surface area contributed by atoms with Crippen LogP contribution in [0.4, 0.5) is 5.69 Å². The summed E-state index contributed by atoms with van der Waals surface area (Å²) < 4.78 is 0. The van der Waals surface area contributed by atoms with Crippen LogP contribution < -0.4 is 0 Å². The number of benzene rings is 1. The van der Waals surface area contributed by atoms with E-state index in [-0.39, 0.29) is 16.8 Å². The van der Waals surface area contributed by atoms with Crippen LogP contribution >= 0.6 is 0 Å². The van der Waals surface area contributed by atoms with E-state index in [1.807, 2.05) is 0 Å². The van der Waals surface area contributed by atoms with Gasteiger partial charge in [0.15, 0.2) is 0 Å². The average Bonchev–Trinajstić information content (AvgIpc) is 3.20. The normalized spacial score (nSPS) is 13.8. The Morgan fingerprint density at radius 2 is 2.10 bits per heavy atom. The summed E-state index contributed by atoms with van der Waals surface area (Å²) in [7, 11) is 0. The van der Waals surface area contributed by atoms with Gasteiger partial charge in [0.05, 0.1) is 4.92 Å². The second-order valence-electron chi connectivity index (χ2n) is 5.23. The Hall–Kier alpha value is -2.44. The van der Waals surface area contributed by atoms with E-state index >= 15 is 0 Å². The Kier molecular flexibility index (Phi) is 4.21. The van der Waals surface area contributed by atoms with E-state index in [4.69, 9.17) is 5.11 Å². The molecule has 0 atom stereocenters. The molecule has 112 valence electrons. The second-order valence-corrected chi connectivity index (χ2v) is 5.23. The van der Waals surface area contributed by atoms with Crippen LogP contribution in [0.1, 0.15) is 28.8 Å². The zero-order valence-corrected chi connectivity index (χ0v) is 11.6. The molecule has 0 spiro atoms. The van der Waals surface area contributed by atoms with Gasteiger partial charge in [-0.05, 0) is 31.7 Å². The number of aliphatic carboxylic acids is 1. The van der Waals surface area contributed by atoms with Crippen molar-refractivity contribution in [3.05, 3.63) is 39.4 Å². The molecular weight excluding hydrogens is 276 g/mol. The van der Waals surface area contributed by atoms with Crippen molar-refractivity contribution in [2.45, 2.75) is 19.8 Å². The summed E-state index contributed by atoms with van der Waals surface area (Å²) in [6.07, 6.45) is 1.97. The number of nitrogens with zero attached hydrogens (tertiary/aromatic N) is 2. The number of carboxylic acids is 1. The fourth-order valence-corrected chi connectivity index (χ4v) is 2.22. The van der Waals surface area contributed by atoms with Gasteiger partial charge in [-0.2, -0.15) is 0 Å². The van der Waals surface area contributed by atoms with Gasteiger partial charge >= 0.3 is 5.97 Å². The highest BCUT2D eigenvalue weighted by molar-refractivity contribution is 5.98. The van der Waals surface area contributed by atoms with Gasteiger partial charge < -0.3 is 10.0 Å². The molecular formula is C14H16N2O5. The number of hydrogen-bond donors (Lipinski definition) is 1. The maximum absolute atomic E-state index is 12.5. The lowest BCUT2D eigenvalue weighted by molar-refractivity contribution is -0.385. The molecule has 1 saturated carbocycles. The third-order valence-electron chi connectivity index (χ3n) is 3.52. The summed E-state index contributed by atoms with van der Waals surface area (Å²) in [5.74, 6) is -1.22. The number of hydrogen-bond acceptors (Lipinski definition) is 4. The summed E-state index contributed by atoms with van der Waals surface area (Å²) >= 11 is 0. The lowest BCUT2D eigenvalue weighted by atomic mass is 10.1. The molecule has 0 aliphatic heterocycles. The van der Waals surface area contributed by atoms with Crippen molar-refractivity contribution in [3.63, 3.8) is 0 Å². The molecule has 0 saturated heterocycles. The largest absolute Gasteiger partial charge is 0.480 e. The molecule has 0 aromatic heterocycles. The van der Waals surface area contributed by atoms with Crippen molar-refractivity contribution in [2.24, 2.45) is 5.92 Å². The SMILES string of the molecule is Cc1c(C(=O)N(CC(=O)O)CC2CC2)cccc1[N+](=O)[O-]. The molecule has 7 nitrogen and oxygen atoms in total. The Bertz CT molecular complexity index is 595. The maximum atomic E-state index is 12.5. The predicted octanol–water partition coefficient (Wildman–Crippen LogP) is 1.84. The van der Waals surface area contributed by atoms with Gasteiger partial charge in [-0.3, -0.25) is 19.7 Å². The van der Waals surface area contributed by atoms with Gasteiger partial charge in [-0.1, -0.05) is 6.07 Å². The highest BCUT2D eigenvalue weighted by Gasteiger charge is 2.30. The minimum Gasteiger partial charge on any atom is -0.480 e. The number of nitro groups is 1. The first kappa shape index (κ1) is 15.0. The first-order valence-electron chi connectivity index (χ1n) is 6.65. The van der Waals surface area contributed by atoms with E-state index in [1.165, 1.54) is 30.0 Å². The molecule has 1 aromatic rings. The smallest absolute Gasteiger partial charge is 0.323 e. The Labute approximate surface area is 121 Å². The lowest BCUT2D eigenvalue weighted by Crippen LogP contribution is -2.37. The minimum absolute atomic E-state index is 0.137. The zero-order valence-electron chi connectivity index (χ0n) is 11.6. The van der Waals surface area contributed by atoms with Gasteiger partial charge in [0, 0.05) is 23.7 Å². The molecule has 1 aliphatic carbocycles.